The van der Waals surface area contributed by atoms with Gasteiger partial charge in [-0.3, -0.25) is 4.79 Å². The molecule has 2 aliphatic heterocycles. The van der Waals surface area contributed by atoms with Crippen molar-refractivity contribution in [2.75, 3.05) is 26.4 Å². The second-order valence-corrected chi connectivity index (χ2v) is 4.59. The molecule has 2 aliphatic rings. The molecule has 9 heteroatoms. The molecule has 24 heavy (non-hydrogen) atoms. The van der Waals surface area contributed by atoms with Gasteiger partial charge < -0.3 is 18.9 Å². The smallest absolute Gasteiger partial charge is 0.276 e. The van der Waals surface area contributed by atoms with Crippen LogP contribution in [0.3, 0.4) is 0 Å². The van der Waals surface area contributed by atoms with Crippen molar-refractivity contribution in [3.05, 3.63) is 30.1 Å². The zero-order valence-electron chi connectivity index (χ0n) is 12.7. The van der Waals surface area contributed by atoms with Crippen molar-refractivity contribution in [3.63, 3.8) is 0 Å². The lowest BCUT2D eigenvalue weighted by atomic mass is 10.3. The fourth-order valence-corrected chi connectivity index (χ4v) is 1.90. The molecule has 0 aromatic carbocycles. The van der Waals surface area contributed by atoms with Crippen LogP contribution in [0.25, 0.3) is 6.08 Å². The van der Waals surface area contributed by atoms with Crippen LogP contribution in [0.4, 0.5) is 0 Å². The molecule has 0 fully saturated rings. The SMILES string of the molecule is C=Cc1cc2c(nn1)OCCO2.O=Cc1cc2c(nn1)OCCO2. The van der Waals surface area contributed by atoms with Crippen molar-refractivity contribution in [2.45, 2.75) is 0 Å². The minimum absolute atomic E-state index is 0.249. The van der Waals surface area contributed by atoms with Crippen molar-refractivity contribution in [3.8, 4) is 23.3 Å². The van der Waals surface area contributed by atoms with Gasteiger partial charge in [0.25, 0.3) is 11.8 Å². The number of fused-ring (bicyclic) bond motifs is 2. The van der Waals surface area contributed by atoms with Gasteiger partial charge in [-0.15, -0.1) is 20.4 Å². The first-order chi connectivity index (χ1) is 11.8. The van der Waals surface area contributed by atoms with E-state index in [9.17, 15) is 4.79 Å². The van der Waals surface area contributed by atoms with Crippen molar-refractivity contribution in [1.29, 1.82) is 0 Å². The Kier molecular flexibility index (Phi) is 4.80. The van der Waals surface area contributed by atoms with Gasteiger partial charge in [0.05, 0.1) is 5.69 Å². The van der Waals surface area contributed by atoms with E-state index in [1.807, 2.05) is 0 Å². The molecule has 0 radical (unpaired) electrons. The maximum absolute atomic E-state index is 10.3. The van der Waals surface area contributed by atoms with E-state index in [0.29, 0.717) is 61.7 Å². The molecular weight excluding hydrogens is 316 g/mol. The zero-order chi connectivity index (χ0) is 16.8. The Labute approximate surface area is 137 Å². The third-order valence-electron chi connectivity index (χ3n) is 2.98. The number of hydrogen-bond donors (Lipinski definition) is 0. The van der Waals surface area contributed by atoms with E-state index in [1.54, 1.807) is 12.1 Å². The van der Waals surface area contributed by atoms with Gasteiger partial charge >= 0.3 is 0 Å². The molecule has 0 amide bonds. The van der Waals surface area contributed by atoms with Crippen LogP contribution in [-0.2, 0) is 0 Å². The maximum Gasteiger partial charge on any atom is 0.276 e. The second kappa shape index (κ2) is 7.36. The summed E-state index contributed by atoms with van der Waals surface area (Å²) in [6.07, 6.45) is 2.23. The number of aldehydes is 1. The van der Waals surface area contributed by atoms with E-state index in [4.69, 9.17) is 18.9 Å². The fraction of sp³-hybridized carbons (Fsp3) is 0.267. The second-order valence-electron chi connectivity index (χ2n) is 4.59. The van der Waals surface area contributed by atoms with Crippen LogP contribution in [0, 0.1) is 0 Å². The summed E-state index contributed by atoms with van der Waals surface area (Å²) in [5, 5.41) is 14.9. The standard InChI is InChI=1S/C8H8N2O2.C7H6N2O3/c1-2-6-5-7-8(10-9-6)12-4-3-11-7;10-4-5-3-6-7(9-8-5)12-2-1-11-6/h2,5H,1,3-4H2;3-4H,1-2H2. The molecule has 0 aliphatic carbocycles. The van der Waals surface area contributed by atoms with Gasteiger partial charge in [-0.1, -0.05) is 6.58 Å². The van der Waals surface area contributed by atoms with Crippen LogP contribution in [0.2, 0.25) is 0 Å². The molecule has 0 saturated carbocycles. The van der Waals surface area contributed by atoms with Crippen LogP contribution < -0.4 is 18.9 Å². The third kappa shape index (κ3) is 3.57. The summed E-state index contributed by atoms with van der Waals surface area (Å²) in [5.41, 5.74) is 0.943. The topological polar surface area (TPSA) is 106 Å². The Balaban J connectivity index is 0.000000141. The van der Waals surface area contributed by atoms with Crippen LogP contribution in [0.1, 0.15) is 16.2 Å². The molecule has 0 spiro atoms. The van der Waals surface area contributed by atoms with Crippen molar-refractivity contribution in [2.24, 2.45) is 0 Å². The summed E-state index contributed by atoms with van der Waals surface area (Å²) in [6.45, 7) is 5.64. The van der Waals surface area contributed by atoms with E-state index < -0.39 is 0 Å². The highest BCUT2D eigenvalue weighted by Gasteiger charge is 2.14. The maximum atomic E-state index is 10.3. The summed E-state index contributed by atoms with van der Waals surface area (Å²) < 4.78 is 20.8. The molecule has 124 valence electrons. The van der Waals surface area contributed by atoms with Gasteiger partial charge in [0.1, 0.15) is 32.1 Å². The van der Waals surface area contributed by atoms with E-state index in [0.717, 1.165) is 0 Å². The van der Waals surface area contributed by atoms with Gasteiger partial charge in [-0.05, 0) is 6.08 Å². The highest BCUT2D eigenvalue weighted by molar-refractivity contribution is 5.72. The first-order valence-corrected chi connectivity index (χ1v) is 7.14. The Bertz CT molecular complexity index is 689. The largest absolute Gasteiger partial charge is 0.484 e. The first-order valence-electron chi connectivity index (χ1n) is 7.14. The van der Waals surface area contributed by atoms with Gasteiger partial charge in [0.15, 0.2) is 17.8 Å². The lowest BCUT2D eigenvalue weighted by molar-refractivity contribution is 0.111. The quantitative estimate of drug-likeness (QED) is 0.744. The number of ether oxygens (including phenoxy) is 4. The normalized spacial score (nSPS) is 14.0. The number of hydrogen-bond acceptors (Lipinski definition) is 9. The van der Waals surface area contributed by atoms with E-state index in [2.05, 4.69) is 27.0 Å². The average molecular weight is 330 g/mol. The van der Waals surface area contributed by atoms with Crippen LogP contribution in [0.15, 0.2) is 18.7 Å². The molecule has 0 bridgehead atoms. The lowest BCUT2D eigenvalue weighted by Gasteiger charge is -2.16. The number of carbonyl (C=O) groups is 1. The predicted octanol–water partition coefficient (Wildman–Crippen LogP) is 0.951. The average Bonchev–Trinajstić information content (AvgIpc) is 2.67. The molecule has 4 heterocycles. The number of carbonyl (C=O) groups excluding carboxylic acids is 1. The summed E-state index contributed by atoms with van der Waals surface area (Å²) >= 11 is 0. The fourth-order valence-electron chi connectivity index (χ4n) is 1.90. The predicted molar refractivity (Wildman–Crippen MR) is 81.5 cm³/mol. The molecule has 0 atom stereocenters. The van der Waals surface area contributed by atoms with E-state index in [1.165, 1.54) is 6.07 Å². The van der Waals surface area contributed by atoms with Crippen LogP contribution >= 0.6 is 0 Å². The van der Waals surface area contributed by atoms with Crippen molar-refractivity contribution in [1.82, 2.24) is 20.4 Å². The van der Waals surface area contributed by atoms with E-state index >= 15 is 0 Å². The van der Waals surface area contributed by atoms with Crippen molar-refractivity contribution < 1.29 is 23.7 Å². The molecule has 4 rings (SSSR count). The Hall–Kier alpha value is -3.23. The van der Waals surface area contributed by atoms with Gasteiger partial charge in [0.2, 0.25) is 0 Å². The minimum Gasteiger partial charge on any atom is -0.484 e. The van der Waals surface area contributed by atoms with Gasteiger partial charge in [-0.2, -0.15) is 0 Å². The molecule has 0 unspecified atom stereocenters. The molecule has 2 aromatic heterocycles. The van der Waals surface area contributed by atoms with Gasteiger partial charge in [0, 0.05) is 12.1 Å². The lowest BCUT2D eigenvalue weighted by Crippen LogP contribution is -2.17. The van der Waals surface area contributed by atoms with Crippen LogP contribution in [0.5, 0.6) is 23.3 Å². The highest BCUT2D eigenvalue weighted by atomic mass is 16.6. The summed E-state index contributed by atoms with van der Waals surface area (Å²) in [4.78, 5) is 10.3. The Morgan fingerprint density at radius 1 is 0.792 bits per heavy atom. The van der Waals surface area contributed by atoms with Crippen molar-refractivity contribution >= 4 is 12.4 Å². The molecule has 9 nitrogen and oxygen atoms in total. The summed E-state index contributed by atoms with van der Waals surface area (Å²) in [7, 11) is 0. The summed E-state index contributed by atoms with van der Waals surface area (Å²) in [5.74, 6) is 1.95. The molecule has 2 aromatic rings. The number of rotatable bonds is 2. The minimum atomic E-state index is 0.249. The third-order valence-corrected chi connectivity index (χ3v) is 2.98. The zero-order valence-corrected chi connectivity index (χ0v) is 12.7. The Morgan fingerprint density at radius 2 is 1.29 bits per heavy atom. The van der Waals surface area contributed by atoms with Crippen LogP contribution in [-0.4, -0.2) is 53.1 Å². The monoisotopic (exact) mass is 330 g/mol. The number of aromatic nitrogens is 4. The molecular formula is C15H14N4O5. The summed E-state index contributed by atoms with van der Waals surface area (Å²) in [6, 6.07) is 3.27. The molecule has 0 saturated heterocycles. The highest BCUT2D eigenvalue weighted by Crippen LogP contribution is 2.27. The first kappa shape index (κ1) is 15.7. The Morgan fingerprint density at radius 3 is 1.83 bits per heavy atom. The molecule has 0 N–H and O–H groups in total. The number of nitrogens with zero attached hydrogens (tertiary/aromatic N) is 4. The van der Waals surface area contributed by atoms with Gasteiger partial charge in [-0.25, -0.2) is 0 Å². The van der Waals surface area contributed by atoms with E-state index in [-0.39, 0.29) is 5.69 Å².